The molecule has 1 saturated carbocycles. The van der Waals surface area contributed by atoms with Gasteiger partial charge in [0.15, 0.2) is 0 Å². The molecule has 98 valence electrons. The van der Waals surface area contributed by atoms with E-state index in [9.17, 15) is 9.18 Å². The van der Waals surface area contributed by atoms with E-state index in [4.69, 9.17) is 0 Å². The summed E-state index contributed by atoms with van der Waals surface area (Å²) >= 11 is 0. The number of nitrogens with zero attached hydrogens (tertiary/aromatic N) is 1. The van der Waals surface area contributed by atoms with Gasteiger partial charge in [0.25, 0.3) is 0 Å². The average Bonchev–Trinajstić information content (AvgIpc) is 2.89. The van der Waals surface area contributed by atoms with E-state index in [0.717, 1.165) is 31.2 Å². The number of benzene rings is 1. The molecule has 1 aromatic carbocycles. The first-order chi connectivity index (χ1) is 8.70. The van der Waals surface area contributed by atoms with Crippen LogP contribution >= 0.6 is 0 Å². The molecule has 0 aliphatic heterocycles. The van der Waals surface area contributed by atoms with E-state index in [1.165, 1.54) is 12.1 Å². The molecule has 18 heavy (non-hydrogen) atoms. The minimum Gasteiger partial charge on any atom is -0.338 e. The molecule has 1 fully saturated rings. The second-order valence-electron chi connectivity index (χ2n) is 4.96. The Morgan fingerprint density at radius 2 is 2.11 bits per heavy atom. The first-order valence-corrected chi connectivity index (χ1v) is 6.74. The van der Waals surface area contributed by atoms with Crippen LogP contribution < -0.4 is 0 Å². The van der Waals surface area contributed by atoms with Crippen molar-refractivity contribution in [2.24, 2.45) is 5.92 Å². The van der Waals surface area contributed by atoms with Gasteiger partial charge < -0.3 is 4.90 Å². The van der Waals surface area contributed by atoms with Gasteiger partial charge in [0, 0.05) is 19.0 Å². The molecule has 2 rings (SSSR count). The number of carbonyl (C=O) groups excluding carboxylic acids is 1. The van der Waals surface area contributed by atoms with Gasteiger partial charge in [-0.2, -0.15) is 0 Å². The summed E-state index contributed by atoms with van der Waals surface area (Å²) in [5, 5.41) is 0. The van der Waals surface area contributed by atoms with Gasteiger partial charge >= 0.3 is 0 Å². The van der Waals surface area contributed by atoms with Gasteiger partial charge in [-0.15, -0.1) is 0 Å². The molecule has 0 saturated heterocycles. The molecule has 1 aliphatic carbocycles. The maximum Gasteiger partial charge on any atom is 0.225 e. The van der Waals surface area contributed by atoms with Crippen LogP contribution in [-0.2, 0) is 11.3 Å². The Morgan fingerprint density at radius 1 is 1.39 bits per heavy atom. The van der Waals surface area contributed by atoms with Gasteiger partial charge in [-0.05, 0) is 37.5 Å². The van der Waals surface area contributed by atoms with Crippen molar-refractivity contribution in [3.05, 3.63) is 35.6 Å². The molecular weight excluding hydrogens is 229 g/mol. The van der Waals surface area contributed by atoms with Crippen LogP contribution in [0, 0.1) is 11.7 Å². The fraction of sp³-hybridized carbons (Fsp3) is 0.533. The predicted octanol–water partition coefficient (Wildman–Crippen LogP) is 3.36. The highest BCUT2D eigenvalue weighted by atomic mass is 19.1. The van der Waals surface area contributed by atoms with Crippen LogP contribution in [0.2, 0.25) is 0 Å². The van der Waals surface area contributed by atoms with Crippen molar-refractivity contribution in [2.75, 3.05) is 6.54 Å². The number of hydrogen-bond acceptors (Lipinski definition) is 1. The van der Waals surface area contributed by atoms with E-state index in [0.29, 0.717) is 13.1 Å². The summed E-state index contributed by atoms with van der Waals surface area (Å²) in [5.41, 5.74) is 0.864. The SMILES string of the molecule is CCN(Cc1cccc(F)c1)C(=O)C1CCCC1. The summed E-state index contributed by atoms with van der Waals surface area (Å²) in [7, 11) is 0. The number of carbonyl (C=O) groups is 1. The summed E-state index contributed by atoms with van der Waals surface area (Å²) in [6.07, 6.45) is 4.35. The zero-order valence-electron chi connectivity index (χ0n) is 10.9. The lowest BCUT2D eigenvalue weighted by molar-refractivity contribution is -0.135. The summed E-state index contributed by atoms with van der Waals surface area (Å²) in [4.78, 5) is 14.1. The Bertz CT molecular complexity index is 413. The van der Waals surface area contributed by atoms with E-state index < -0.39 is 0 Å². The first kappa shape index (κ1) is 13.1. The standard InChI is InChI=1S/C15H20FNO/c1-2-17(15(18)13-7-3-4-8-13)11-12-6-5-9-14(16)10-12/h5-6,9-10,13H,2-4,7-8,11H2,1H3. The highest BCUT2D eigenvalue weighted by Crippen LogP contribution is 2.27. The van der Waals surface area contributed by atoms with E-state index in [-0.39, 0.29) is 17.6 Å². The Morgan fingerprint density at radius 3 is 2.72 bits per heavy atom. The van der Waals surface area contributed by atoms with Crippen molar-refractivity contribution in [3.8, 4) is 0 Å². The van der Waals surface area contributed by atoms with Crippen LogP contribution in [0.25, 0.3) is 0 Å². The minimum absolute atomic E-state index is 0.193. The lowest BCUT2D eigenvalue weighted by Gasteiger charge is -2.24. The molecule has 0 unspecified atom stereocenters. The molecular formula is C15H20FNO. The van der Waals surface area contributed by atoms with Crippen LogP contribution in [-0.4, -0.2) is 17.4 Å². The zero-order valence-corrected chi connectivity index (χ0v) is 10.9. The summed E-state index contributed by atoms with van der Waals surface area (Å²) < 4.78 is 13.1. The lowest BCUT2D eigenvalue weighted by atomic mass is 10.1. The van der Waals surface area contributed by atoms with E-state index in [1.54, 1.807) is 6.07 Å². The molecule has 0 bridgehead atoms. The Labute approximate surface area is 108 Å². The molecule has 1 amide bonds. The van der Waals surface area contributed by atoms with Crippen LogP contribution in [0.3, 0.4) is 0 Å². The lowest BCUT2D eigenvalue weighted by Crippen LogP contribution is -2.34. The third-order valence-electron chi connectivity index (χ3n) is 3.66. The summed E-state index contributed by atoms with van der Waals surface area (Å²) in [5.74, 6) is 0.189. The molecule has 0 spiro atoms. The summed E-state index contributed by atoms with van der Waals surface area (Å²) in [6, 6.07) is 6.50. The third-order valence-corrected chi connectivity index (χ3v) is 3.66. The molecule has 1 aromatic rings. The van der Waals surface area contributed by atoms with E-state index in [1.807, 2.05) is 17.9 Å². The quantitative estimate of drug-likeness (QED) is 0.801. The average molecular weight is 249 g/mol. The molecule has 1 aliphatic rings. The molecule has 0 heterocycles. The van der Waals surface area contributed by atoms with E-state index >= 15 is 0 Å². The van der Waals surface area contributed by atoms with Crippen LogP contribution in [0.5, 0.6) is 0 Å². The van der Waals surface area contributed by atoms with Crippen molar-refractivity contribution < 1.29 is 9.18 Å². The monoisotopic (exact) mass is 249 g/mol. The molecule has 2 nitrogen and oxygen atoms in total. The van der Waals surface area contributed by atoms with Crippen molar-refractivity contribution in [3.63, 3.8) is 0 Å². The molecule has 3 heteroatoms. The van der Waals surface area contributed by atoms with Gasteiger partial charge in [0.05, 0.1) is 0 Å². The van der Waals surface area contributed by atoms with Gasteiger partial charge in [-0.25, -0.2) is 4.39 Å². The van der Waals surface area contributed by atoms with Crippen LogP contribution in [0.1, 0.15) is 38.2 Å². The number of hydrogen-bond donors (Lipinski definition) is 0. The van der Waals surface area contributed by atoms with Crippen molar-refractivity contribution in [1.29, 1.82) is 0 Å². The predicted molar refractivity (Wildman–Crippen MR) is 69.4 cm³/mol. The highest BCUT2D eigenvalue weighted by molar-refractivity contribution is 5.79. The molecule has 0 N–H and O–H groups in total. The number of rotatable bonds is 4. The van der Waals surface area contributed by atoms with Crippen LogP contribution in [0.15, 0.2) is 24.3 Å². The maximum atomic E-state index is 13.1. The van der Waals surface area contributed by atoms with Gasteiger partial charge in [0.1, 0.15) is 5.82 Å². The highest BCUT2D eigenvalue weighted by Gasteiger charge is 2.26. The Kier molecular flexibility index (Phi) is 4.34. The van der Waals surface area contributed by atoms with Crippen molar-refractivity contribution >= 4 is 5.91 Å². The normalized spacial score (nSPS) is 15.9. The fourth-order valence-electron chi connectivity index (χ4n) is 2.63. The van der Waals surface area contributed by atoms with Crippen molar-refractivity contribution in [2.45, 2.75) is 39.2 Å². The summed E-state index contributed by atoms with van der Waals surface area (Å²) in [6.45, 7) is 3.18. The largest absolute Gasteiger partial charge is 0.338 e. The van der Waals surface area contributed by atoms with Gasteiger partial charge in [-0.3, -0.25) is 4.79 Å². The van der Waals surface area contributed by atoms with Gasteiger partial charge in [-0.1, -0.05) is 25.0 Å². The minimum atomic E-state index is -0.239. The second kappa shape index (κ2) is 5.98. The topological polar surface area (TPSA) is 20.3 Å². The van der Waals surface area contributed by atoms with E-state index in [2.05, 4.69) is 0 Å². The first-order valence-electron chi connectivity index (χ1n) is 6.74. The fourth-order valence-corrected chi connectivity index (χ4v) is 2.63. The molecule has 0 atom stereocenters. The number of amides is 1. The second-order valence-corrected chi connectivity index (χ2v) is 4.96. The van der Waals surface area contributed by atoms with Gasteiger partial charge in [0.2, 0.25) is 5.91 Å². The number of halogens is 1. The Hall–Kier alpha value is -1.38. The smallest absolute Gasteiger partial charge is 0.225 e. The Balaban J connectivity index is 2.02. The van der Waals surface area contributed by atoms with Crippen LogP contribution in [0.4, 0.5) is 4.39 Å². The zero-order chi connectivity index (χ0) is 13.0. The molecule has 0 radical (unpaired) electrons. The van der Waals surface area contributed by atoms with Crippen molar-refractivity contribution in [1.82, 2.24) is 4.90 Å². The molecule has 0 aromatic heterocycles. The third kappa shape index (κ3) is 3.09. The maximum absolute atomic E-state index is 13.1.